The monoisotopic (exact) mass is 477 g/mol. The van der Waals surface area contributed by atoms with Gasteiger partial charge in [-0.25, -0.2) is 4.98 Å². The molecule has 3 rings (SSSR count). The number of nitrogens with two attached hydrogens (primary N) is 1. The van der Waals surface area contributed by atoms with E-state index in [1.807, 2.05) is 31.2 Å². The lowest BCUT2D eigenvalue weighted by molar-refractivity contribution is -0.119. The van der Waals surface area contributed by atoms with Crippen LogP contribution in [0.2, 0.25) is 0 Å². The number of aromatic nitrogens is 1. The van der Waals surface area contributed by atoms with Crippen LogP contribution in [0.1, 0.15) is 41.2 Å². The molecule has 1 aromatic carbocycles. The Bertz CT molecular complexity index is 1090. The van der Waals surface area contributed by atoms with Crippen LogP contribution in [0.3, 0.4) is 0 Å². The van der Waals surface area contributed by atoms with Crippen LogP contribution in [0.15, 0.2) is 29.3 Å². The molecule has 0 bridgehead atoms. The van der Waals surface area contributed by atoms with E-state index >= 15 is 0 Å². The Morgan fingerprint density at radius 1 is 1.12 bits per heavy atom. The molecule has 34 heavy (non-hydrogen) atoms. The molecule has 1 amide bonds. The summed E-state index contributed by atoms with van der Waals surface area (Å²) in [6, 6.07) is 12.6. The molecular weight excluding hydrogens is 446 g/mol. The predicted octanol–water partition coefficient (Wildman–Crippen LogP) is 2.40. The average molecular weight is 478 g/mol. The minimum atomic E-state index is -0.186. The maximum Gasteiger partial charge on any atom is 0.234 e. The molecule has 1 aliphatic rings. The topological polar surface area (TPSA) is 122 Å². The Morgan fingerprint density at radius 3 is 2.47 bits per heavy atom. The summed E-state index contributed by atoms with van der Waals surface area (Å²) in [6.07, 6.45) is 1.61. The Hall–Kier alpha value is -3.11. The van der Waals surface area contributed by atoms with Crippen molar-refractivity contribution in [3.05, 3.63) is 52.1 Å². The van der Waals surface area contributed by atoms with Crippen LogP contribution in [0.25, 0.3) is 0 Å². The number of carbonyl (C=O) groups is 1. The van der Waals surface area contributed by atoms with Crippen molar-refractivity contribution in [3.63, 3.8) is 0 Å². The molecule has 1 aliphatic heterocycles. The molecule has 9 heteroatoms. The fraction of sp³-hybridized carbons (Fsp3) is 0.440. The zero-order valence-electron chi connectivity index (χ0n) is 19.8. The first kappa shape index (κ1) is 25.5. The van der Waals surface area contributed by atoms with Crippen molar-refractivity contribution in [2.45, 2.75) is 37.1 Å². The van der Waals surface area contributed by atoms with Gasteiger partial charge in [0, 0.05) is 31.9 Å². The number of likely N-dealkylation sites (N-methyl/N-ethyl adjacent to an activating group) is 1. The molecule has 2 heterocycles. The van der Waals surface area contributed by atoms with Gasteiger partial charge in [0.2, 0.25) is 5.91 Å². The smallest absolute Gasteiger partial charge is 0.234 e. The summed E-state index contributed by atoms with van der Waals surface area (Å²) in [5, 5.41) is 23.3. The van der Waals surface area contributed by atoms with Crippen molar-refractivity contribution >= 4 is 23.5 Å². The second-order valence-electron chi connectivity index (χ2n) is 8.28. The SMILES string of the molecule is CCc1c(C#N)c(SCc2ccc(CNC(=O)CN)cc2)nc(N2CCCN(C)CC2)c1C#N. The van der Waals surface area contributed by atoms with E-state index in [1.54, 1.807) is 0 Å². The maximum absolute atomic E-state index is 11.3. The molecule has 0 spiro atoms. The summed E-state index contributed by atoms with van der Waals surface area (Å²) in [7, 11) is 2.11. The quantitative estimate of drug-likeness (QED) is 0.556. The van der Waals surface area contributed by atoms with E-state index in [2.05, 4.69) is 34.3 Å². The summed E-state index contributed by atoms with van der Waals surface area (Å²) in [5.74, 6) is 1.16. The maximum atomic E-state index is 11.3. The summed E-state index contributed by atoms with van der Waals surface area (Å²) in [6.45, 7) is 5.97. The third-order valence-electron chi connectivity index (χ3n) is 5.92. The first-order chi connectivity index (χ1) is 16.5. The minimum absolute atomic E-state index is 0.0244. The zero-order chi connectivity index (χ0) is 24.5. The number of hydrogen-bond donors (Lipinski definition) is 2. The van der Waals surface area contributed by atoms with Gasteiger partial charge in [-0.1, -0.05) is 31.2 Å². The van der Waals surface area contributed by atoms with E-state index in [0.717, 1.165) is 49.3 Å². The number of amides is 1. The summed E-state index contributed by atoms with van der Waals surface area (Å²) >= 11 is 1.52. The van der Waals surface area contributed by atoms with Gasteiger partial charge in [-0.3, -0.25) is 4.79 Å². The molecule has 8 nitrogen and oxygen atoms in total. The first-order valence-corrected chi connectivity index (χ1v) is 12.5. The minimum Gasteiger partial charge on any atom is -0.354 e. The van der Waals surface area contributed by atoms with E-state index in [0.29, 0.717) is 40.7 Å². The summed E-state index contributed by atoms with van der Waals surface area (Å²) < 4.78 is 0. The van der Waals surface area contributed by atoms with Gasteiger partial charge in [-0.2, -0.15) is 10.5 Å². The van der Waals surface area contributed by atoms with E-state index in [9.17, 15) is 15.3 Å². The number of nitriles is 2. The third-order valence-corrected chi connectivity index (χ3v) is 6.96. The van der Waals surface area contributed by atoms with Crippen LogP contribution in [0, 0.1) is 22.7 Å². The molecule has 1 fully saturated rings. The van der Waals surface area contributed by atoms with Crippen LogP contribution in [0.4, 0.5) is 5.82 Å². The van der Waals surface area contributed by atoms with Gasteiger partial charge >= 0.3 is 0 Å². The first-order valence-electron chi connectivity index (χ1n) is 11.5. The van der Waals surface area contributed by atoms with Crippen LogP contribution in [0.5, 0.6) is 0 Å². The van der Waals surface area contributed by atoms with Gasteiger partial charge < -0.3 is 20.9 Å². The number of pyridine rings is 1. The summed E-state index contributed by atoms with van der Waals surface area (Å²) in [4.78, 5) is 20.7. The van der Waals surface area contributed by atoms with Gasteiger partial charge in [-0.05, 0) is 43.1 Å². The molecular formula is C25H31N7OS. The molecule has 0 radical (unpaired) electrons. The van der Waals surface area contributed by atoms with E-state index in [-0.39, 0.29) is 12.5 Å². The van der Waals surface area contributed by atoms with Crippen molar-refractivity contribution in [1.29, 1.82) is 10.5 Å². The van der Waals surface area contributed by atoms with Crippen LogP contribution < -0.4 is 16.0 Å². The highest BCUT2D eigenvalue weighted by molar-refractivity contribution is 7.98. The number of nitrogens with one attached hydrogen (secondary N) is 1. The number of rotatable bonds is 8. The molecule has 1 saturated heterocycles. The molecule has 0 unspecified atom stereocenters. The molecule has 1 aromatic heterocycles. The average Bonchev–Trinajstić information content (AvgIpc) is 3.09. The fourth-order valence-electron chi connectivity index (χ4n) is 3.95. The number of carbonyl (C=O) groups excluding carboxylic acids is 1. The van der Waals surface area contributed by atoms with E-state index in [1.165, 1.54) is 11.8 Å². The van der Waals surface area contributed by atoms with Gasteiger partial charge in [0.05, 0.1) is 17.7 Å². The van der Waals surface area contributed by atoms with Crippen LogP contribution in [-0.2, 0) is 23.5 Å². The molecule has 2 aromatic rings. The van der Waals surface area contributed by atoms with Crippen molar-refractivity contribution < 1.29 is 4.79 Å². The van der Waals surface area contributed by atoms with Gasteiger partial charge in [-0.15, -0.1) is 11.8 Å². The molecule has 0 aliphatic carbocycles. The number of nitrogens with zero attached hydrogens (tertiary/aromatic N) is 5. The van der Waals surface area contributed by atoms with Crippen molar-refractivity contribution in [3.8, 4) is 12.1 Å². The Balaban J connectivity index is 1.84. The van der Waals surface area contributed by atoms with Crippen LogP contribution in [-0.4, -0.2) is 55.6 Å². The van der Waals surface area contributed by atoms with Gasteiger partial charge in [0.1, 0.15) is 23.0 Å². The van der Waals surface area contributed by atoms with Crippen LogP contribution >= 0.6 is 11.8 Å². The molecule has 0 saturated carbocycles. The Morgan fingerprint density at radius 2 is 1.82 bits per heavy atom. The Kier molecular flexibility index (Phi) is 9.29. The van der Waals surface area contributed by atoms with Crippen molar-refractivity contribution in [2.75, 3.05) is 44.7 Å². The largest absolute Gasteiger partial charge is 0.354 e. The van der Waals surface area contributed by atoms with Gasteiger partial charge in [0.15, 0.2) is 0 Å². The highest BCUT2D eigenvalue weighted by Gasteiger charge is 2.24. The lowest BCUT2D eigenvalue weighted by Gasteiger charge is -2.25. The van der Waals surface area contributed by atoms with E-state index < -0.39 is 0 Å². The number of hydrogen-bond acceptors (Lipinski definition) is 8. The third kappa shape index (κ3) is 6.27. The molecule has 178 valence electrons. The second kappa shape index (κ2) is 12.4. The van der Waals surface area contributed by atoms with Crippen molar-refractivity contribution in [1.82, 2.24) is 15.2 Å². The van der Waals surface area contributed by atoms with E-state index in [4.69, 9.17) is 10.7 Å². The summed E-state index contributed by atoms with van der Waals surface area (Å²) in [5.41, 5.74) is 9.21. The predicted molar refractivity (Wildman–Crippen MR) is 134 cm³/mol. The molecule has 3 N–H and O–H groups in total. The highest BCUT2D eigenvalue weighted by atomic mass is 32.2. The van der Waals surface area contributed by atoms with Gasteiger partial charge in [0.25, 0.3) is 0 Å². The standard InChI is InChI=1S/C25H31N7OS/c1-3-20-21(13-26)24(32-10-4-9-31(2)11-12-32)30-25(22(20)14-27)34-17-19-7-5-18(6-8-19)16-29-23(33)15-28/h5-8H,3-4,9-12,15-17,28H2,1-2H3,(H,29,33). The normalized spacial score (nSPS) is 14.2. The lowest BCUT2D eigenvalue weighted by atomic mass is 10.0. The fourth-order valence-corrected chi connectivity index (χ4v) is 4.91. The Labute approximate surface area is 205 Å². The number of anilines is 1. The number of benzene rings is 1. The zero-order valence-corrected chi connectivity index (χ0v) is 20.6. The molecule has 0 atom stereocenters. The number of thioether (sulfide) groups is 1. The lowest BCUT2D eigenvalue weighted by Crippen LogP contribution is -2.30. The second-order valence-corrected chi connectivity index (χ2v) is 9.24. The van der Waals surface area contributed by atoms with Crippen molar-refractivity contribution in [2.24, 2.45) is 5.73 Å². The highest BCUT2D eigenvalue weighted by Crippen LogP contribution is 2.33.